The summed E-state index contributed by atoms with van der Waals surface area (Å²) >= 11 is 0. The minimum atomic E-state index is -0.352. The maximum absolute atomic E-state index is 12.9. The van der Waals surface area contributed by atoms with Gasteiger partial charge in [0.2, 0.25) is 0 Å². The summed E-state index contributed by atoms with van der Waals surface area (Å²) in [6.07, 6.45) is 3.91. The number of benzene rings is 1. The van der Waals surface area contributed by atoms with Gasteiger partial charge in [0.25, 0.3) is 0 Å². The normalized spacial score (nSPS) is 31.6. The van der Waals surface area contributed by atoms with E-state index in [0.29, 0.717) is 0 Å². The van der Waals surface area contributed by atoms with E-state index in [9.17, 15) is 5.21 Å². The maximum atomic E-state index is 12.9. The Balaban J connectivity index is 2.56. The van der Waals surface area contributed by atoms with Crippen molar-refractivity contribution in [1.82, 2.24) is 5.06 Å². The van der Waals surface area contributed by atoms with E-state index in [1.807, 2.05) is 0 Å². The van der Waals surface area contributed by atoms with E-state index >= 15 is 0 Å². The highest BCUT2D eigenvalue weighted by atomic mass is 16.5. The van der Waals surface area contributed by atoms with Crippen LogP contribution in [0.5, 0.6) is 0 Å². The molecule has 0 N–H and O–H groups in total. The molecule has 18 heavy (non-hydrogen) atoms. The molecule has 1 aromatic carbocycles. The molecule has 0 aromatic heterocycles. The van der Waals surface area contributed by atoms with E-state index in [1.54, 1.807) is 0 Å². The summed E-state index contributed by atoms with van der Waals surface area (Å²) in [6, 6.07) is 8.38. The summed E-state index contributed by atoms with van der Waals surface area (Å²) < 4.78 is 0. The van der Waals surface area contributed by atoms with Crippen molar-refractivity contribution in [1.29, 1.82) is 0 Å². The van der Waals surface area contributed by atoms with Crippen LogP contribution >= 0.6 is 0 Å². The van der Waals surface area contributed by atoms with Crippen molar-refractivity contribution >= 4 is 0 Å². The highest BCUT2D eigenvalue weighted by Crippen LogP contribution is 2.52. The van der Waals surface area contributed by atoms with Crippen molar-refractivity contribution in [3.05, 3.63) is 35.4 Å². The zero-order chi connectivity index (χ0) is 13.4. The van der Waals surface area contributed by atoms with E-state index in [2.05, 4.69) is 52.0 Å². The van der Waals surface area contributed by atoms with Crippen LogP contribution in [0.1, 0.15) is 64.5 Å². The van der Waals surface area contributed by atoms with Crippen LogP contribution in [0, 0.1) is 0 Å². The predicted molar refractivity (Wildman–Crippen MR) is 73.5 cm³/mol. The SMILES string of the molecule is CCCC1(C)c2ccccc2C(C)(CCC)N1[O]. The molecule has 0 amide bonds. The molecule has 2 unspecified atom stereocenters. The summed E-state index contributed by atoms with van der Waals surface area (Å²) in [7, 11) is 0. The largest absolute Gasteiger partial charge is 0.134 e. The average Bonchev–Trinajstić information content (AvgIpc) is 2.52. The highest BCUT2D eigenvalue weighted by molar-refractivity contribution is 5.43. The Morgan fingerprint density at radius 3 is 1.67 bits per heavy atom. The molecule has 0 spiro atoms. The standard InChI is InChI=1S/C16H24NO/c1-5-11-15(3)13-9-7-8-10-14(13)16(4,12-6-2)17(15)18/h7-10H,5-6,11-12H2,1-4H3. The smallest absolute Gasteiger partial charge is 0.0727 e. The van der Waals surface area contributed by atoms with Gasteiger partial charge in [0, 0.05) is 0 Å². The van der Waals surface area contributed by atoms with Gasteiger partial charge in [0.1, 0.15) is 0 Å². The van der Waals surface area contributed by atoms with E-state index in [0.717, 1.165) is 25.7 Å². The number of hydroxylamine groups is 2. The van der Waals surface area contributed by atoms with Gasteiger partial charge in [-0.15, -0.1) is 10.3 Å². The van der Waals surface area contributed by atoms with Gasteiger partial charge in [0.05, 0.1) is 11.1 Å². The first-order valence-corrected chi connectivity index (χ1v) is 7.08. The average molecular weight is 246 g/mol. The molecule has 0 saturated carbocycles. The molecule has 2 rings (SSSR count). The molecule has 0 saturated heterocycles. The fourth-order valence-electron chi connectivity index (χ4n) is 3.63. The molecule has 1 aliphatic rings. The van der Waals surface area contributed by atoms with Crippen LogP contribution in [0.15, 0.2) is 24.3 Å². The lowest BCUT2D eigenvalue weighted by molar-refractivity contribution is -0.278. The molecule has 1 radical (unpaired) electrons. The number of nitrogens with zero attached hydrogens (tertiary/aromatic N) is 1. The van der Waals surface area contributed by atoms with Gasteiger partial charge in [-0.3, -0.25) is 0 Å². The van der Waals surface area contributed by atoms with Crippen molar-refractivity contribution in [2.45, 2.75) is 64.5 Å². The zero-order valence-electron chi connectivity index (χ0n) is 12.0. The number of hydrogen-bond acceptors (Lipinski definition) is 1. The Kier molecular flexibility index (Phi) is 3.52. The topological polar surface area (TPSA) is 23.1 Å². The Morgan fingerprint density at radius 1 is 0.944 bits per heavy atom. The lowest BCUT2D eigenvalue weighted by Gasteiger charge is -2.37. The third-order valence-electron chi connectivity index (χ3n) is 4.46. The lowest BCUT2D eigenvalue weighted by Crippen LogP contribution is -2.45. The molecule has 2 atom stereocenters. The second kappa shape index (κ2) is 4.67. The Labute approximate surface area is 111 Å². The van der Waals surface area contributed by atoms with Crippen molar-refractivity contribution in [2.75, 3.05) is 0 Å². The molecule has 99 valence electrons. The van der Waals surface area contributed by atoms with Crippen molar-refractivity contribution in [2.24, 2.45) is 0 Å². The lowest BCUT2D eigenvalue weighted by atomic mass is 9.85. The third-order valence-corrected chi connectivity index (χ3v) is 4.46. The quantitative estimate of drug-likeness (QED) is 0.773. The van der Waals surface area contributed by atoms with Gasteiger partial charge in [-0.25, -0.2) is 0 Å². The molecule has 0 fully saturated rings. The Morgan fingerprint density at radius 2 is 1.33 bits per heavy atom. The zero-order valence-corrected chi connectivity index (χ0v) is 12.0. The predicted octanol–water partition coefficient (Wildman–Crippen LogP) is 4.38. The van der Waals surface area contributed by atoms with Crippen molar-refractivity contribution in [3.8, 4) is 0 Å². The molecule has 0 bridgehead atoms. The van der Waals surface area contributed by atoms with Crippen LogP contribution < -0.4 is 0 Å². The van der Waals surface area contributed by atoms with Gasteiger partial charge >= 0.3 is 0 Å². The molecular weight excluding hydrogens is 222 g/mol. The van der Waals surface area contributed by atoms with Crippen LogP contribution in [0.4, 0.5) is 0 Å². The molecule has 2 nitrogen and oxygen atoms in total. The van der Waals surface area contributed by atoms with Gasteiger partial charge in [-0.2, -0.15) is 0 Å². The van der Waals surface area contributed by atoms with E-state index in [-0.39, 0.29) is 11.1 Å². The summed E-state index contributed by atoms with van der Waals surface area (Å²) in [4.78, 5) is 0. The molecule has 1 heterocycles. The van der Waals surface area contributed by atoms with Crippen molar-refractivity contribution < 1.29 is 5.21 Å². The molecule has 1 aromatic rings. The Hall–Kier alpha value is -0.860. The fraction of sp³-hybridized carbons (Fsp3) is 0.625. The van der Waals surface area contributed by atoms with E-state index in [1.165, 1.54) is 16.2 Å². The first-order valence-electron chi connectivity index (χ1n) is 7.08. The number of fused-ring (bicyclic) bond motifs is 1. The van der Waals surface area contributed by atoms with Crippen LogP contribution in [0.2, 0.25) is 0 Å². The van der Waals surface area contributed by atoms with Crippen molar-refractivity contribution in [3.63, 3.8) is 0 Å². The van der Waals surface area contributed by atoms with E-state index < -0.39 is 0 Å². The minimum Gasteiger partial charge on any atom is -0.134 e. The van der Waals surface area contributed by atoms with Crippen LogP contribution in [-0.4, -0.2) is 5.06 Å². The summed E-state index contributed by atoms with van der Waals surface area (Å²) in [5.74, 6) is 0. The first kappa shape index (κ1) is 13.6. The minimum absolute atomic E-state index is 0.352. The van der Waals surface area contributed by atoms with Crippen LogP contribution in [-0.2, 0) is 16.3 Å². The maximum Gasteiger partial charge on any atom is 0.0727 e. The summed E-state index contributed by atoms with van der Waals surface area (Å²) in [5.41, 5.74) is 1.76. The Bertz CT molecular complexity index is 392. The van der Waals surface area contributed by atoms with E-state index in [4.69, 9.17) is 0 Å². The molecular formula is C16H24NO. The second-order valence-electron chi connectivity index (χ2n) is 5.89. The van der Waals surface area contributed by atoms with Crippen LogP contribution in [0.3, 0.4) is 0 Å². The summed E-state index contributed by atoms with van der Waals surface area (Å²) in [6.45, 7) is 8.50. The third kappa shape index (κ3) is 1.70. The van der Waals surface area contributed by atoms with Gasteiger partial charge in [0.15, 0.2) is 0 Å². The van der Waals surface area contributed by atoms with Gasteiger partial charge in [-0.05, 0) is 37.8 Å². The first-order chi connectivity index (χ1) is 8.50. The van der Waals surface area contributed by atoms with Crippen LogP contribution in [0.25, 0.3) is 0 Å². The summed E-state index contributed by atoms with van der Waals surface area (Å²) in [5, 5.41) is 14.3. The van der Waals surface area contributed by atoms with Gasteiger partial charge in [-0.1, -0.05) is 51.0 Å². The molecule has 2 heteroatoms. The molecule has 0 aliphatic carbocycles. The second-order valence-corrected chi connectivity index (χ2v) is 5.89. The fourth-order valence-corrected chi connectivity index (χ4v) is 3.63. The number of hydrogen-bond donors (Lipinski definition) is 0. The number of rotatable bonds is 4. The molecule has 1 aliphatic heterocycles. The van der Waals surface area contributed by atoms with Gasteiger partial charge < -0.3 is 0 Å². The monoisotopic (exact) mass is 246 g/mol. The highest BCUT2D eigenvalue weighted by Gasteiger charge is 2.53.